The van der Waals surface area contributed by atoms with E-state index in [1.807, 2.05) is 0 Å². The first kappa shape index (κ1) is 15.6. The summed E-state index contributed by atoms with van der Waals surface area (Å²) in [6, 6.07) is 11.0. The van der Waals surface area contributed by atoms with Crippen LogP contribution in [0.15, 0.2) is 42.5 Å². The van der Waals surface area contributed by atoms with Crippen molar-refractivity contribution < 1.29 is 9.59 Å². The van der Waals surface area contributed by atoms with Crippen LogP contribution in [0.3, 0.4) is 0 Å². The van der Waals surface area contributed by atoms with Crippen molar-refractivity contribution in [1.29, 1.82) is 0 Å². The molecule has 108 valence electrons. The quantitative estimate of drug-likeness (QED) is 0.802. The second kappa shape index (κ2) is 6.80. The number of carbonyl (C=O) groups excluding carboxylic acids is 2. The van der Waals surface area contributed by atoms with Crippen LogP contribution in [0.1, 0.15) is 0 Å². The molecule has 2 amide bonds. The van der Waals surface area contributed by atoms with E-state index in [1.54, 1.807) is 24.3 Å². The maximum Gasteiger partial charge on any atom is 0.314 e. The third-order valence-corrected chi connectivity index (χ3v) is 3.25. The average molecular weight is 344 g/mol. The topological polar surface area (TPSA) is 58.2 Å². The number of benzene rings is 2. The Bertz CT molecular complexity index is 704. The Labute approximate surface area is 136 Å². The molecule has 7 heteroatoms. The lowest BCUT2D eigenvalue weighted by atomic mass is 10.3. The van der Waals surface area contributed by atoms with Gasteiger partial charge in [0.2, 0.25) is 0 Å². The molecule has 0 unspecified atom stereocenters. The molecule has 0 saturated carbocycles. The molecule has 0 aliphatic carbocycles. The third-order valence-electron chi connectivity index (χ3n) is 2.47. The minimum Gasteiger partial charge on any atom is -0.318 e. The van der Waals surface area contributed by atoms with E-state index >= 15 is 0 Å². The smallest absolute Gasteiger partial charge is 0.314 e. The highest BCUT2D eigenvalue weighted by Crippen LogP contribution is 2.25. The summed E-state index contributed by atoms with van der Waals surface area (Å²) in [4.78, 5) is 23.6. The number of hydrogen-bond donors (Lipinski definition) is 2. The van der Waals surface area contributed by atoms with Crippen LogP contribution in [0.2, 0.25) is 15.1 Å². The zero-order valence-electron chi connectivity index (χ0n) is 10.5. The molecule has 2 aromatic rings. The minimum absolute atomic E-state index is 0.242. The van der Waals surface area contributed by atoms with Crippen LogP contribution in [0.25, 0.3) is 0 Å². The fourth-order valence-electron chi connectivity index (χ4n) is 1.52. The van der Waals surface area contributed by atoms with E-state index in [0.29, 0.717) is 21.4 Å². The summed E-state index contributed by atoms with van der Waals surface area (Å²) in [7, 11) is 0. The molecular weight excluding hydrogens is 335 g/mol. The van der Waals surface area contributed by atoms with Crippen molar-refractivity contribution in [2.75, 3.05) is 10.6 Å². The molecule has 0 radical (unpaired) electrons. The maximum absolute atomic E-state index is 11.8. The van der Waals surface area contributed by atoms with Crippen molar-refractivity contribution >= 4 is 58.0 Å². The van der Waals surface area contributed by atoms with E-state index in [0.717, 1.165) is 0 Å². The number of nitrogens with one attached hydrogen (secondary N) is 2. The van der Waals surface area contributed by atoms with Gasteiger partial charge < -0.3 is 10.6 Å². The molecule has 0 atom stereocenters. The van der Waals surface area contributed by atoms with Crippen LogP contribution in [0, 0.1) is 0 Å². The Morgan fingerprint density at radius 3 is 2.14 bits per heavy atom. The van der Waals surface area contributed by atoms with Gasteiger partial charge in [-0.25, -0.2) is 0 Å². The number of rotatable bonds is 2. The maximum atomic E-state index is 11.8. The zero-order valence-corrected chi connectivity index (χ0v) is 12.8. The molecule has 0 bridgehead atoms. The van der Waals surface area contributed by atoms with Crippen LogP contribution >= 0.6 is 34.8 Å². The Morgan fingerprint density at radius 1 is 0.810 bits per heavy atom. The molecule has 2 N–H and O–H groups in total. The predicted molar refractivity (Wildman–Crippen MR) is 85.2 cm³/mol. The monoisotopic (exact) mass is 342 g/mol. The Balaban J connectivity index is 2.04. The van der Waals surface area contributed by atoms with E-state index in [9.17, 15) is 9.59 Å². The van der Waals surface area contributed by atoms with Crippen molar-refractivity contribution in [1.82, 2.24) is 0 Å². The molecule has 2 rings (SSSR count). The summed E-state index contributed by atoms with van der Waals surface area (Å²) in [5.74, 6) is -1.68. The number of hydrogen-bond acceptors (Lipinski definition) is 2. The highest BCUT2D eigenvalue weighted by Gasteiger charge is 2.15. The molecule has 0 heterocycles. The second-order valence-corrected chi connectivity index (χ2v) is 5.32. The first-order valence-electron chi connectivity index (χ1n) is 5.78. The van der Waals surface area contributed by atoms with Crippen molar-refractivity contribution in [3.8, 4) is 0 Å². The van der Waals surface area contributed by atoms with Crippen molar-refractivity contribution in [2.45, 2.75) is 0 Å². The van der Waals surface area contributed by atoms with Crippen LogP contribution in [0.5, 0.6) is 0 Å². The molecule has 0 fully saturated rings. The van der Waals surface area contributed by atoms with Gasteiger partial charge in [-0.15, -0.1) is 0 Å². The molecule has 21 heavy (non-hydrogen) atoms. The average Bonchev–Trinajstić information content (AvgIpc) is 2.41. The second-order valence-electron chi connectivity index (χ2n) is 4.04. The van der Waals surface area contributed by atoms with Crippen molar-refractivity contribution in [2.24, 2.45) is 0 Å². The van der Waals surface area contributed by atoms with E-state index in [-0.39, 0.29) is 5.02 Å². The number of amides is 2. The summed E-state index contributed by atoms with van der Waals surface area (Å²) >= 11 is 17.5. The molecule has 0 saturated heterocycles. The Kier molecular flexibility index (Phi) is 5.07. The number of anilines is 2. The van der Waals surface area contributed by atoms with Gasteiger partial charge in [0.05, 0.1) is 10.7 Å². The normalized spacial score (nSPS) is 10.0. The standard InChI is InChI=1S/C14H9Cl3N2O2/c15-8-2-1-3-10(6-8)18-13(20)14(21)19-12-5-4-9(16)7-11(12)17/h1-7H,(H,18,20)(H,19,21). The summed E-state index contributed by atoms with van der Waals surface area (Å²) in [5.41, 5.74) is 0.720. The van der Waals surface area contributed by atoms with Crippen LogP contribution in [-0.2, 0) is 9.59 Å². The first-order chi connectivity index (χ1) is 9.95. The zero-order chi connectivity index (χ0) is 15.4. The minimum atomic E-state index is -0.848. The largest absolute Gasteiger partial charge is 0.318 e. The van der Waals surface area contributed by atoms with Crippen LogP contribution in [0.4, 0.5) is 11.4 Å². The number of halogens is 3. The van der Waals surface area contributed by atoms with E-state index in [2.05, 4.69) is 10.6 Å². The third kappa shape index (κ3) is 4.36. The van der Waals surface area contributed by atoms with Crippen molar-refractivity contribution in [3.63, 3.8) is 0 Å². The van der Waals surface area contributed by atoms with Gasteiger partial charge in [0.1, 0.15) is 0 Å². The van der Waals surface area contributed by atoms with Crippen LogP contribution < -0.4 is 10.6 Å². The van der Waals surface area contributed by atoms with Gasteiger partial charge in [0.25, 0.3) is 0 Å². The lowest BCUT2D eigenvalue weighted by Gasteiger charge is -2.08. The van der Waals surface area contributed by atoms with Gasteiger partial charge in [-0.2, -0.15) is 0 Å². The molecule has 4 nitrogen and oxygen atoms in total. The van der Waals surface area contributed by atoms with E-state index in [1.165, 1.54) is 18.2 Å². The number of carbonyl (C=O) groups is 2. The fraction of sp³-hybridized carbons (Fsp3) is 0. The summed E-state index contributed by atoms with van der Waals surface area (Å²) < 4.78 is 0. The highest BCUT2D eigenvalue weighted by atomic mass is 35.5. The first-order valence-corrected chi connectivity index (χ1v) is 6.92. The van der Waals surface area contributed by atoms with Gasteiger partial charge >= 0.3 is 11.8 Å². The van der Waals surface area contributed by atoms with E-state index < -0.39 is 11.8 Å². The van der Waals surface area contributed by atoms with Crippen LogP contribution in [-0.4, -0.2) is 11.8 Å². The highest BCUT2D eigenvalue weighted by molar-refractivity contribution is 6.45. The summed E-state index contributed by atoms with van der Waals surface area (Å²) in [5, 5.41) is 5.95. The molecule has 0 aliphatic heterocycles. The Morgan fingerprint density at radius 2 is 1.48 bits per heavy atom. The van der Waals surface area contributed by atoms with Gasteiger partial charge in [0, 0.05) is 15.7 Å². The van der Waals surface area contributed by atoms with Gasteiger partial charge in [-0.05, 0) is 36.4 Å². The summed E-state index contributed by atoms with van der Waals surface area (Å²) in [6.45, 7) is 0. The lowest BCUT2D eigenvalue weighted by molar-refractivity contribution is -0.132. The molecular formula is C14H9Cl3N2O2. The molecule has 0 spiro atoms. The fourth-order valence-corrected chi connectivity index (χ4v) is 2.17. The Hall–Kier alpha value is -1.75. The molecule has 2 aromatic carbocycles. The molecule has 0 aliphatic rings. The lowest BCUT2D eigenvalue weighted by Crippen LogP contribution is -2.29. The van der Waals surface area contributed by atoms with Crippen molar-refractivity contribution in [3.05, 3.63) is 57.5 Å². The van der Waals surface area contributed by atoms with E-state index in [4.69, 9.17) is 34.8 Å². The summed E-state index contributed by atoms with van der Waals surface area (Å²) in [6.07, 6.45) is 0. The van der Waals surface area contributed by atoms with Gasteiger partial charge in [-0.3, -0.25) is 9.59 Å². The van der Waals surface area contributed by atoms with Gasteiger partial charge in [0.15, 0.2) is 0 Å². The predicted octanol–water partition coefficient (Wildman–Crippen LogP) is 4.22. The van der Waals surface area contributed by atoms with Gasteiger partial charge in [-0.1, -0.05) is 40.9 Å². The molecule has 0 aromatic heterocycles. The SMILES string of the molecule is O=C(Nc1cccc(Cl)c1)C(=O)Nc1ccc(Cl)cc1Cl.